The molecule has 0 aliphatic heterocycles. The smallest absolute Gasteiger partial charge is 0.0239 e. The lowest BCUT2D eigenvalue weighted by molar-refractivity contribution is 0.564. The molecule has 0 aromatic rings. The Labute approximate surface area is 80.1 Å². The van der Waals surface area contributed by atoms with Crippen molar-refractivity contribution in [1.29, 1.82) is 0 Å². The van der Waals surface area contributed by atoms with E-state index in [1.165, 1.54) is 19.3 Å². The molecule has 0 fully saturated rings. The van der Waals surface area contributed by atoms with Gasteiger partial charge in [0.25, 0.3) is 0 Å². The van der Waals surface area contributed by atoms with Gasteiger partial charge in [-0.15, -0.1) is 6.58 Å². The first kappa shape index (κ1) is 17.7. The molecule has 1 unspecified atom stereocenters. The zero-order valence-corrected chi connectivity index (χ0v) is 9.98. The monoisotopic (exact) mass is 172 g/mol. The van der Waals surface area contributed by atoms with E-state index in [9.17, 15) is 0 Å². The molecular formula is C12H28. The molecule has 0 heterocycles. The molecule has 0 heteroatoms. The maximum atomic E-state index is 3.75. The van der Waals surface area contributed by atoms with E-state index in [2.05, 4.69) is 26.5 Å². The molecule has 0 aliphatic rings. The highest BCUT2D eigenvalue weighted by atomic mass is 14.0. The van der Waals surface area contributed by atoms with Crippen LogP contribution in [-0.4, -0.2) is 0 Å². The van der Waals surface area contributed by atoms with E-state index in [1.54, 1.807) is 0 Å². The molecule has 1 atom stereocenters. The highest BCUT2D eigenvalue weighted by Gasteiger charge is 1.95. The summed E-state index contributed by atoms with van der Waals surface area (Å²) < 4.78 is 0. The fourth-order valence-corrected chi connectivity index (χ4v) is 0.859. The normalized spacial score (nSPS) is 9.83. The van der Waals surface area contributed by atoms with Gasteiger partial charge in [0, 0.05) is 0 Å². The molecule has 0 saturated carbocycles. The van der Waals surface area contributed by atoms with Crippen LogP contribution >= 0.6 is 0 Å². The van der Waals surface area contributed by atoms with Crippen LogP contribution in [0, 0.1) is 5.92 Å². The lowest BCUT2D eigenvalue weighted by Crippen LogP contribution is -1.90. The second-order valence-electron chi connectivity index (χ2n) is 2.19. The SMILES string of the molecule is C=CC(CC)CCC.CC.CC. The van der Waals surface area contributed by atoms with Crippen molar-refractivity contribution >= 4 is 0 Å². The minimum Gasteiger partial charge on any atom is -0.103 e. The molecule has 0 amide bonds. The first-order valence-corrected chi connectivity index (χ1v) is 5.47. The van der Waals surface area contributed by atoms with E-state index in [4.69, 9.17) is 0 Å². The first-order chi connectivity index (χ1) is 5.85. The van der Waals surface area contributed by atoms with Crippen LogP contribution in [-0.2, 0) is 0 Å². The zero-order chi connectivity index (χ0) is 10.4. The lowest BCUT2D eigenvalue weighted by atomic mass is 10.0. The Morgan fingerprint density at radius 2 is 1.50 bits per heavy atom. The van der Waals surface area contributed by atoms with Gasteiger partial charge in [0.05, 0.1) is 0 Å². The topological polar surface area (TPSA) is 0 Å². The highest BCUT2D eigenvalue weighted by molar-refractivity contribution is 4.76. The third-order valence-corrected chi connectivity index (χ3v) is 1.52. The largest absolute Gasteiger partial charge is 0.103 e. The van der Waals surface area contributed by atoms with E-state index < -0.39 is 0 Å². The van der Waals surface area contributed by atoms with Gasteiger partial charge in [-0.05, 0) is 18.8 Å². The van der Waals surface area contributed by atoms with E-state index in [0.29, 0.717) is 0 Å². The molecule has 12 heavy (non-hydrogen) atoms. The molecule has 0 nitrogen and oxygen atoms in total. The third-order valence-electron chi connectivity index (χ3n) is 1.52. The van der Waals surface area contributed by atoms with Crippen LogP contribution in [0.5, 0.6) is 0 Å². The van der Waals surface area contributed by atoms with Crippen LogP contribution in [0.4, 0.5) is 0 Å². The summed E-state index contributed by atoms with van der Waals surface area (Å²) in [6.45, 7) is 16.2. The summed E-state index contributed by atoms with van der Waals surface area (Å²) in [6, 6.07) is 0. The molecule has 0 spiro atoms. The predicted molar refractivity (Wildman–Crippen MR) is 61.6 cm³/mol. The fraction of sp³-hybridized carbons (Fsp3) is 0.833. The first-order valence-electron chi connectivity index (χ1n) is 5.47. The maximum Gasteiger partial charge on any atom is -0.0239 e. The molecule has 0 bridgehead atoms. The Bertz CT molecular complexity index is 55.1. The maximum absolute atomic E-state index is 3.75. The van der Waals surface area contributed by atoms with Gasteiger partial charge in [0.15, 0.2) is 0 Å². The zero-order valence-electron chi connectivity index (χ0n) is 9.98. The van der Waals surface area contributed by atoms with Crippen molar-refractivity contribution in [3.8, 4) is 0 Å². The standard InChI is InChI=1S/C8H16.2C2H6/c1-4-7-8(5-2)6-3;2*1-2/h5,8H,2,4,6-7H2,1,3H3;2*1-2H3. The lowest BCUT2D eigenvalue weighted by Gasteiger charge is -2.04. The molecule has 0 saturated heterocycles. The summed E-state index contributed by atoms with van der Waals surface area (Å²) in [7, 11) is 0. The quantitative estimate of drug-likeness (QED) is 0.520. The summed E-state index contributed by atoms with van der Waals surface area (Å²) in [4.78, 5) is 0. The average Bonchev–Trinajstić information content (AvgIpc) is 2.20. The van der Waals surface area contributed by atoms with Crippen molar-refractivity contribution in [2.75, 3.05) is 0 Å². The second-order valence-corrected chi connectivity index (χ2v) is 2.19. The Hall–Kier alpha value is -0.260. The van der Waals surface area contributed by atoms with Crippen molar-refractivity contribution in [1.82, 2.24) is 0 Å². The molecule has 0 aromatic heterocycles. The summed E-state index contributed by atoms with van der Waals surface area (Å²) in [5.74, 6) is 0.764. The molecule has 0 aliphatic carbocycles. The van der Waals surface area contributed by atoms with Crippen molar-refractivity contribution in [3.05, 3.63) is 12.7 Å². The van der Waals surface area contributed by atoms with Gasteiger partial charge < -0.3 is 0 Å². The van der Waals surface area contributed by atoms with Crippen LogP contribution < -0.4 is 0 Å². The molecule has 0 rings (SSSR count). The van der Waals surface area contributed by atoms with E-state index >= 15 is 0 Å². The van der Waals surface area contributed by atoms with Crippen molar-refractivity contribution < 1.29 is 0 Å². The Kier molecular flexibility index (Phi) is 33.1. The van der Waals surface area contributed by atoms with Gasteiger partial charge >= 0.3 is 0 Å². The minimum absolute atomic E-state index is 0.764. The second kappa shape index (κ2) is 22.4. The van der Waals surface area contributed by atoms with Gasteiger partial charge in [-0.3, -0.25) is 0 Å². The molecule has 0 N–H and O–H groups in total. The van der Waals surface area contributed by atoms with E-state index in [0.717, 1.165) is 5.92 Å². The number of hydrogen-bond acceptors (Lipinski definition) is 0. The Balaban J connectivity index is -0.000000175. The van der Waals surface area contributed by atoms with E-state index in [-0.39, 0.29) is 0 Å². The summed E-state index contributed by atoms with van der Waals surface area (Å²) >= 11 is 0. The van der Waals surface area contributed by atoms with Crippen LogP contribution in [0.1, 0.15) is 60.8 Å². The summed E-state index contributed by atoms with van der Waals surface area (Å²) in [5.41, 5.74) is 0. The van der Waals surface area contributed by atoms with Gasteiger partial charge in [-0.25, -0.2) is 0 Å². The summed E-state index contributed by atoms with van der Waals surface area (Å²) in [5, 5.41) is 0. The highest BCUT2D eigenvalue weighted by Crippen LogP contribution is 2.10. The van der Waals surface area contributed by atoms with Gasteiger partial charge in [-0.2, -0.15) is 0 Å². The third kappa shape index (κ3) is 16.4. The van der Waals surface area contributed by atoms with Crippen molar-refractivity contribution in [3.63, 3.8) is 0 Å². The van der Waals surface area contributed by atoms with Gasteiger partial charge in [-0.1, -0.05) is 54.0 Å². The van der Waals surface area contributed by atoms with Crippen molar-refractivity contribution in [2.45, 2.75) is 60.8 Å². The number of rotatable bonds is 4. The number of allylic oxidation sites excluding steroid dienone is 1. The van der Waals surface area contributed by atoms with Gasteiger partial charge in [0.1, 0.15) is 0 Å². The number of hydrogen-bond donors (Lipinski definition) is 0. The van der Waals surface area contributed by atoms with Gasteiger partial charge in [0.2, 0.25) is 0 Å². The van der Waals surface area contributed by atoms with Crippen LogP contribution in [0.25, 0.3) is 0 Å². The minimum atomic E-state index is 0.764. The average molecular weight is 172 g/mol. The van der Waals surface area contributed by atoms with Crippen LogP contribution in [0.2, 0.25) is 0 Å². The molecule has 76 valence electrons. The fourth-order valence-electron chi connectivity index (χ4n) is 0.859. The molecule has 0 aromatic carbocycles. The Morgan fingerprint density at radius 3 is 1.58 bits per heavy atom. The summed E-state index contributed by atoms with van der Waals surface area (Å²) in [6.07, 6.45) is 5.89. The van der Waals surface area contributed by atoms with Crippen LogP contribution in [0.3, 0.4) is 0 Å². The molecule has 0 radical (unpaired) electrons. The van der Waals surface area contributed by atoms with E-state index in [1.807, 2.05) is 27.7 Å². The van der Waals surface area contributed by atoms with Crippen molar-refractivity contribution in [2.24, 2.45) is 5.92 Å². The Morgan fingerprint density at radius 1 is 1.08 bits per heavy atom. The molecular weight excluding hydrogens is 144 g/mol. The predicted octanol–water partition coefficient (Wildman–Crippen LogP) is 5.05. The van der Waals surface area contributed by atoms with Crippen LogP contribution in [0.15, 0.2) is 12.7 Å².